The summed E-state index contributed by atoms with van der Waals surface area (Å²) in [4.78, 5) is 11.9. The van der Waals surface area contributed by atoms with Crippen LogP contribution in [0.4, 0.5) is 18.9 Å². The molecule has 0 fully saturated rings. The van der Waals surface area contributed by atoms with Gasteiger partial charge in [0.1, 0.15) is 5.03 Å². The molecule has 25 heavy (non-hydrogen) atoms. The van der Waals surface area contributed by atoms with Gasteiger partial charge in [-0.15, -0.1) is 10.2 Å². The van der Waals surface area contributed by atoms with Crippen LogP contribution in [0.5, 0.6) is 0 Å². The lowest BCUT2D eigenvalue weighted by Crippen LogP contribution is -2.14. The summed E-state index contributed by atoms with van der Waals surface area (Å²) in [5.41, 5.74) is 0.148. The number of nitrogens with one attached hydrogen (secondary N) is 1. The molecule has 0 unspecified atom stereocenters. The van der Waals surface area contributed by atoms with Gasteiger partial charge in [0.05, 0.1) is 11.3 Å². The highest BCUT2D eigenvalue weighted by atomic mass is 32.2. The number of anilines is 1. The lowest BCUT2D eigenvalue weighted by molar-refractivity contribution is -0.137. The molecule has 2 heterocycles. The van der Waals surface area contributed by atoms with Gasteiger partial charge in [-0.05, 0) is 43.3 Å². The fourth-order valence-corrected chi connectivity index (χ4v) is 2.69. The maximum absolute atomic E-state index is 12.5. The zero-order chi connectivity index (χ0) is 18.0. The van der Waals surface area contributed by atoms with Crippen LogP contribution in [0.15, 0.2) is 41.4 Å². The number of thioether (sulfide) groups is 1. The van der Waals surface area contributed by atoms with Crippen LogP contribution in [0, 0.1) is 6.92 Å². The number of rotatable bonds is 4. The minimum Gasteiger partial charge on any atom is -0.325 e. The molecule has 0 spiro atoms. The van der Waals surface area contributed by atoms with Gasteiger partial charge in [0.15, 0.2) is 11.5 Å². The number of hydrogen-bond donors (Lipinski definition) is 1. The number of halogens is 3. The van der Waals surface area contributed by atoms with Gasteiger partial charge >= 0.3 is 6.18 Å². The topological polar surface area (TPSA) is 72.2 Å². The molecule has 0 aliphatic carbocycles. The summed E-state index contributed by atoms with van der Waals surface area (Å²) in [5, 5.41) is 15.3. The van der Waals surface area contributed by atoms with E-state index < -0.39 is 11.7 Å². The molecule has 3 rings (SSSR count). The fraction of sp³-hybridized carbons (Fsp3) is 0.200. The summed E-state index contributed by atoms with van der Waals surface area (Å²) in [6.45, 7) is 1.76. The number of alkyl halides is 3. The predicted molar refractivity (Wildman–Crippen MR) is 86.3 cm³/mol. The van der Waals surface area contributed by atoms with Gasteiger partial charge in [0.25, 0.3) is 0 Å². The Bertz CT molecular complexity index is 908. The van der Waals surface area contributed by atoms with Crippen molar-refractivity contribution in [2.75, 3.05) is 11.1 Å². The molecule has 1 N–H and O–H groups in total. The number of hydrogen-bond acceptors (Lipinski definition) is 5. The Balaban J connectivity index is 1.59. The molecule has 6 nitrogen and oxygen atoms in total. The Hall–Kier alpha value is -2.62. The van der Waals surface area contributed by atoms with Crippen LogP contribution in [0.2, 0.25) is 0 Å². The van der Waals surface area contributed by atoms with Crippen LogP contribution in [-0.4, -0.2) is 31.5 Å². The van der Waals surface area contributed by atoms with Crippen molar-refractivity contribution in [2.24, 2.45) is 0 Å². The number of benzene rings is 1. The number of amides is 1. The highest BCUT2D eigenvalue weighted by Crippen LogP contribution is 2.29. The maximum Gasteiger partial charge on any atom is 0.416 e. The second-order valence-electron chi connectivity index (χ2n) is 5.10. The smallest absolute Gasteiger partial charge is 0.325 e. The summed E-state index contributed by atoms with van der Waals surface area (Å²) in [6.07, 6.45) is -4.40. The van der Waals surface area contributed by atoms with Crippen molar-refractivity contribution in [1.29, 1.82) is 0 Å². The van der Waals surface area contributed by atoms with Crippen LogP contribution in [0.3, 0.4) is 0 Å². The van der Waals surface area contributed by atoms with E-state index in [1.807, 2.05) is 0 Å². The van der Waals surface area contributed by atoms with Crippen molar-refractivity contribution >= 4 is 29.0 Å². The standard InChI is InChI=1S/C15H12F3N5OS/c1-9-20-21-12-6-7-14(22-23(9)12)25-8-13(24)19-11-4-2-10(3-5-11)15(16,17)18/h2-7H,8H2,1H3,(H,19,24). The van der Waals surface area contributed by atoms with Gasteiger partial charge in [0.2, 0.25) is 5.91 Å². The van der Waals surface area contributed by atoms with E-state index in [4.69, 9.17) is 0 Å². The summed E-state index contributed by atoms with van der Waals surface area (Å²) < 4.78 is 39.1. The third-order valence-electron chi connectivity index (χ3n) is 3.24. The Morgan fingerprint density at radius 2 is 1.88 bits per heavy atom. The van der Waals surface area contributed by atoms with Crippen LogP contribution < -0.4 is 5.32 Å². The quantitative estimate of drug-likeness (QED) is 0.717. The van der Waals surface area contributed by atoms with Gasteiger partial charge in [-0.25, -0.2) is 0 Å². The Labute approximate surface area is 144 Å². The largest absolute Gasteiger partial charge is 0.416 e. The molecule has 0 saturated heterocycles. The Kier molecular flexibility index (Phi) is 4.62. The minimum absolute atomic E-state index is 0.0701. The van der Waals surface area contributed by atoms with Crippen molar-refractivity contribution in [3.63, 3.8) is 0 Å². The molecule has 0 atom stereocenters. The molecule has 130 valence electrons. The molecule has 0 saturated carbocycles. The van der Waals surface area contributed by atoms with E-state index in [0.717, 1.165) is 12.1 Å². The molecule has 3 aromatic rings. The van der Waals surface area contributed by atoms with Gasteiger partial charge in [-0.1, -0.05) is 11.8 Å². The van der Waals surface area contributed by atoms with Gasteiger partial charge in [0, 0.05) is 5.69 Å². The van der Waals surface area contributed by atoms with Crippen LogP contribution in [0.1, 0.15) is 11.4 Å². The second kappa shape index (κ2) is 6.71. The normalized spacial score (nSPS) is 11.7. The van der Waals surface area contributed by atoms with Gasteiger partial charge in [-0.3, -0.25) is 4.79 Å². The van der Waals surface area contributed by atoms with Crippen LogP contribution in [0.25, 0.3) is 5.65 Å². The van der Waals surface area contributed by atoms with Crippen molar-refractivity contribution in [2.45, 2.75) is 18.1 Å². The molecule has 0 radical (unpaired) electrons. The van der Waals surface area contributed by atoms with E-state index in [2.05, 4.69) is 20.6 Å². The fourth-order valence-electron chi connectivity index (χ4n) is 2.04. The molecule has 10 heteroatoms. The minimum atomic E-state index is -4.40. The lowest BCUT2D eigenvalue weighted by Gasteiger charge is -2.08. The number of aromatic nitrogens is 4. The zero-order valence-electron chi connectivity index (χ0n) is 12.9. The van der Waals surface area contributed by atoms with E-state index in [-0.39, 0.29) is 11.7 Å². The number of carbonyl (C=O) groups excluding carboxylic acids is 1. The van der Waals surface area contributed by atoms with Gasteiger partial charge in [-0.2, -0.15) is 22.8 Å². The van der Waals surface area contributed by atoms with E-state index in [1.165, 1.54) is 23.9 Å². The maximum atomic E-state index is 12.5. The van der Waals surface area contributed by atoms with Crippen molar-refractivity contribution in [3.05, 3.63) is 47.8 Å². The van der Waals surface area contributed by atoms with E-state index in [0.29, 0.717) is 22.2 Å². The average molecular weight is 367 g/mol. The number of fused-ring (bicyclic) bond motifs is 1. The summed E-state index contributed by atoms with van der Waals surface area (Å²) in [5.74, 6) is 0.361. The first-order chi connectivity index (χ1) is 11.8. The van der Waals surface area contributed by atoms with Crippen LogP contribution >= 0.6 is 11.8 Å². The second-order valence-corrected chi connectivity index (χ2v) is 6.10. The highest BCUT2D eigenvalue weighted by Gasteiger charge is 2.29. The first kappa shape index (κ1) is 17.2. The first-order valence-electron chi connectivity index (χ1n) is 7.12. The Morgan fingerprint density at radius 1 is 1.16 bits per heavy atom. The third kappa shape index (κ3) is 4.08. The molecular weight excluding hydrogens is 355 g/mol. The highest BCUT2D eigenvalue weighted by molar-refractivity contribution is 7.99. The van der Waals surface area contributed by atoms with Gasteiger partial charge < -0.3 is 5.32 Å². The predicted octanol–water partition coefficient (Wildman–Crippen LogP) is 3.18. The van der Waals surface area contributed by atoms with E-state index in [1.54, 1.807) is 23.6 Å². The molecular formula is C15H12F3N5OS. The summed E-state index contributed by atoms with van der Waals surface area (Å²) in [6, 6.07) is 7.75. The number of aryl methyl sites for hydroxylation is 1. The number of carbonyl (C=O) groups is 1. The SMILES string of the molecule is Cc1nnc2ccc(SCC(=O)Nc3ccc(C(F)(F)F)cc3)nn12. The monoisotopic (exact) mass is 367 g/mol. The zero-order valence-corrected chi connectivity index (χ0v) is 13.7. The Morgan fingerprint density at radius 3 is 2.56 bits per heavy atom. The molecule has 2 aromatic heterocycles. The summed E-state index contributed by atoms with van der Waals surface area (Å²) >= 11 is 1.20. The molecule has 1 aromatic carbocycles. The van der Waals surface area contributed by atoms with E-state index in [9.17, 15) is 18.0 Å². The first-order valence-corrected chi connectivity index (χ1v) is 8.10. The van der Waals surface area contributed by atoms with Crippen molar-refractivity contribution in [1.82, 2.24) is 19.8 Å². The van der Waals surface area contributed by atoms with E-state index >= 15 is 0 Å². The number of nitrogens with zero attached hydrogens (tertiary/aromatic N) is 4. The third-order valence-corrected chi connectivity index (χ3v) is 4.16. The van der Waals surface area contributed by atoms with Crippen LogP contribution in [-0.2, 0) is 11.0 Å². The van der Waals surface area contributed by atoms with Crippen molar-refractivity contribution < 1.29 is 18.0 Å². The molecule has 1 amide bonds. The lowest BCUT2D eigenvalue weighted by atomic mass is 10.2. The molecule has 0 bridgehead atoms. The molecule has 0 aliphatic rings. The average Bonchev–Trinajstić information content (AvgIpc) is 2.93. The summed E-state index contributed by atoms with van der Waals surface area (Å²) in [7, 11) is 0. The van der Waals surface area contributed by atoms with Crippen molar-refractivity contribution in [3.8, 4) is 0 Å². The molecule has 0 aliphatic heterocycles.